The second-order valence-electron chi connectivity index (χ2n) is 4.20. The molecule has 0 spiro atoms. The van der Waals surface area contributed by atoms with Gasteiger partial charge in [0.25, 0.3) is 0 Å². The van der Waals surface area contributed by atoms with E-state index in [-0.39, 0.29) is 0 Å². The zero-order chi connectivity index (χ0) is 10.5. The summed E-state index contributed by atoms with van der Waals surface area (Å²) in [6, 6.07) is 7.90. The van der Waals surface area contributed by atoms with Gasteiger partial charge in [0, 0.05) is 5.02 Å². The van der Waals surface area contributed by atoms with Crippen molar-refractivity contribution in [3.63, 3.8) is 0 Å². The molecule has 0 aliphatic heterocycles. The van der Waals surface area contributed by atoms with E-state index in [0.717, 1.165) is 11.6 Å². The van der Waals surface area contributed by atoms with Crippen LogP contribution in [0.5, 0.6) is 0 Å². The molecule has 15 heavy (non-hydrogen) atoms. The van der Waals surface area contributed by atoms with Gasteiger partial charge in [-0.1, -0.05) is 43.0 Å². The highest BCUT2D eigenvalue weighted by Crippen LogP contribution is 2.21. The molecule has 82 valence electrons. The van der Waals surface area contributed by atoms with E-state index in [0.29, 0.717) is 6.10 Å². The molecule has 0 N–H and O–H groups in total. The summed E-state index contributed by atoms with van der Waals surface area (Å²) >= 11 is 5.82. The van der Waals surface area contributed by atoms with Crippen molar-refractivity contribution in [2.24, 2.45) is 0 Å². The van der Waals surface area contributed by atoms with Crippen LogP contribution in [-0.4, -0.2) is 6.10 Å². The Morgan fingerprint density at radius 1 is 1.07 bits per heavy atom. The first-order valence-electron chi connectivity index (χ1n) is 5.70. The van der Waals surface area contributed by atoms with Gasteiger partial charge in [0.05, 0.1) is 12.7 Å². The molecule has 0 aromatic heterocycles. The quantitative estimate of drug-likeness (QED) is 0.748. The summed E-state index contributed by atoms with van der Waals surface area (Å²) in [4.78, 5) is 0. The van der Waals surface area contributed by atoms with Crippen LogP contribution >= 0.6 is 11.6 Å². The van der Waals surface area contributed by atoms with Crippen LogP contribution in [0, 0.1) is 0 Å². The molecule has 0 amide bonds. The largest absolute Gasteiger partial charge is 0.374 e. The van der Waals surface area contributed by atoms with Crippen LogP contribution in [0.3, 0.4) is 0 Å². The van der Waals surface area contributed by atoms with Crippen LogP contribution in [-0.2, 0) is 11.3 Å². The Bertz CT molecular complexity index is 288. The Labute approximate surface area is 96.4 Å². The van der Waals surface area contributed by atoms with E-state index in [1.807, 2.05) is 24.3 Å². The van der Waals surface area contributed by atoms with Crippen LogP contribution in [0.2, 0.25) is 5.02 Å². The van der Waals surface area contributed by atoms with Gasteiger partial charge < -0.3 is 4.74 Å². The lowest BCUT2D eigenvalue weighted by Crippen LogP contribution is -2.16. The summed E-state index contributed by atoms with van der Waals surface area (Å²) in [6.07, 6.45) is 6.97. The first-order chi connectivity index (χ1) is 7.34. The zero-order valence-electron chi connectivity index (χ0n) is 8.92. The summed E-state index contributed by atoms with van der Waals surface area (Å²) in [5.74, 6) is 0. The number of halogens is 1. The summed E-state index contributed by atoms with van der Waals surface area (Å²) in [6.45, 7) is 0.724. The number of hydrogen-bond donors (Lipinski definition) is 0. The molecule has 0 radical (unpaired) electrons. The van der Waals surface area contributed by atoms with Crippen molar-refractivity contribution in [1.82, 2.24) is 0 Å². The van der Waals surface area contributed by atoms with Gasteiger partial charge in [0.1, 0.15) is 0 Å². The topological polar surface area (TPSA) is 9.23 Å². The maximum Gasteiger partial charge on any atom is 0.0720 e. The van der Waals surface area contributed by atoms with Crippen LogP contribution in [0.15, 0.2) is 24.3 Å². The van der Waals surface area contributed by atoms with E-state index in [4.69, 9.17) is 16.3 Å². The van der Waals surface area contributed by atoms with Crippen LogP contribution in [0.25, 0.3) is 0 Å². The minimum Gasteiger partial charge on any atom is -0.374 e. The molecule has 0 bridgehead atoms. The fraction of sp³-hybridized carbons (Fsp3) is 0.538. The first kappa shape index (κ1) is 11.0. The molecular weight excluding hydrogens is 208 g/mol. The van der Waals surface area contributed by atoms with Crippen molar-refractivity contribution < 1.29 is 4.74 Å². The van der Waals surface area contributed by atoms with Crippen molar-refractivity contribution in [1.29, 1.82) is 0 Å². The lowest BCUT2D eigenvalue weighted by molar-refractivity contribution is 0.0169. The van der Waals surface area contributed by atoms with E-state index >= 15 is 0 Å². The maximum absolute atomic E-state index is 5.87. The SMILES string of the molecule is Clc1ccc(COC2CCCCC2)cc1. The Morgan fingerprint density at radius 3 is 2.40 bits per heavy atom. The summed E-state index contributed by atoms with van der Waals surface area (Å²) in [7, 11) is 0. The Balaban J connectivity index is 1.79. The summed E-state index contributed by atoms with van der Waals surface area (Å²) < 4.78 is 5.87. The lowest BCUT2D eigenvalue weighted by Gasteiger charge is -2.21. The summed E-state index contributed by atoms with van der Waals surface area (Å²) in [5.41, 5.74) is 1.21. The number of rotatable bonds is 3. The molecule has 1 aromatic carbocycles. The molecular formula is C13H17ClO. The molecule has 0 heterocycles. The monoisotopic (exact) mass is 224 g/mol. The molecule has 2 heteroatoms. The predicted molar refractivity (Wildman–Crippen MR) is 63.1 cm³/mol. The van der Waals surface area contributed by atoms with E-state index in [2.05, 4.69) is 0 Å². The second kappa shape index (κ2) is 5.53. The van der Waals surface area contributed by atoms with Gasteiger partial charge in [-0.3, -0.25) is 0 Å². The molecule has 1 nitrogen and oxygen atoms in total. The van der Waals surface area contributed by atoms with Crippen molar-refractivity contribution in [2.75, 3.05) is 0 Å². The minimum atomic E-state index is 0.481. The maximum atomic E-state index is 5.87. The Hall–Kier alpha value is -0.530. The Kier molecular flexibility index (Phi) is 4.04. The van der Waals surface area contributed by atoms with Gasteiger partial charge in [-0.25, -0.2) is 0 Å². The predicted octanol–water partition coefficient (Wildman–Crippen LogP) is 4.19. The fourth-order valence-electron chi connectivity index (χ4n) is 2.03. The second-order valence-corrected chi connectivity index (χ2v) is 4.63. The average molecular weight is 225 g/mol. The van der Waals surface area contributed by atoms with Gasteiger partial charge in [-0.15, -0.1) is 0 Å². The highest BCUT2D eigenvalue weighted by Gasteiger charge is 2.13. The van der Waals surface area contributed by atoms with Crippen LogP contribution in [0.1, 0.15) is 37.7 Å². The summed E-state index contributed by atoms with van der Waals surface area (Å²) in [5, 5.41) is 0.788. The Morgan fingerprint density at radius 2 is 1.73 bits per heavy atom. The van der Waals surface area contributed by atoms with Gasteiger partial charge >= 0.3 is 0 Å². The fourth-order valence-corrected chi connectivity index (χ4v) is 2.15. The van der Waals surface area contributed by atoms with E-state index in [1.54, 1.807) is 0 Å². The molecule has 1 fully saturated rings. The highest BCUT2D eigenvalue weighted by atomic mass is 35.5. The molecule has 1 aliphatic carbocycles. The number of hydrogen-bond acceptors (Lipinski definition) is 1. The zero-order valence-corrected chi connectivity index (χ0v) is 9.67. The molecule has 2 rings (SSSR count). The van der Waals surface area contributed by atoms with Crippen molar-refractivity contribution >= 4 is 11.6 Å². The third-order valence-corrected chi connectivity index (χ3v) is 3.20. The van der Waals surface area contributed by atoms with Crippen LogP contribution < -0.4 is 0 Å². The molecule has 1 saturated carbocycles. The standard InChI is InChI=1S/C13H17ClO/c14-12-8-6-11(7-9-12)10-15-13-4-2-1-3-5-13/h6-9,13H,1-5,10H2. The smallest absolute Gasteiger partial charge is 0.0720 e. The van der Waals surface area contributed by atoms with Gasteiger partial charge in [0.2, 0.25) is 0 Å². The van der Waals surface area contributed by atoms with Gasteiger partial charge in [-0.2, -0.15) is 0 Å². The molecule has 1 aromatic rings. The average Bonchev–Trinajstić information content (AvgIpc) is 2.30. The lowest BCUT2D eigenvalue weighted by atomic mass is 9.98. The van der Waals surface area contributed by atoms with E-state index < -0.39 is 0 Å². The number of benzene rings is 1. The normalized spacial score (nSPS) is 17.9. The van der Waals surface area contributed by atoms with Gasteiger partial charge in [0.15, 0.2) is 0 Å². The third-order valence-electron chi connectivity index (χ3n) is 2.95. The van der Waals surface area contributed by atoms with Gasteiger partial charge in [-0.05, 0) is 30.5 Å². The molecule has 0 atom stereocenters. The molecule has 0 saturated heterocycles. The minimum absolute atomic E-state index is 0.481. The van der Waals surface area contributed by atoms with Crippen molar-refractivity contribution in [2.45, 2.75) is 44.8 Å². The van der Waals surface area contributed by atoms with Crippen molar-refractivity contribution in [3.05, 3.63) is 34.9 Å². The van der Waals surface area contributed by atoms with E-state index in [1.165, 1.54) is 37.7 Å². The van der Waals surface area contributed by atoms with Crippen LogP contribution in [0.4, 0.5) is 0 Å². The first-order valence-corrected chi connectivity index (χ1v) is 6.08. The van der Waals surface area contributed by atoms with E-state index in [9.17, 15) is 0 Å². The van der Waals surface area contributed by atoms with Crippen molar-refractivity contribution in [3.8, 4) is 0 Å². The number of ether oxygens (including phenoxy) is 1. The molecule has 1 aliphatic rings. The molecule has 0 unspecified atom stereocenters. The third kappa shape index (κ3) is 3.51. The highest BCUT2D eigenvalue weighted by molar-refractivity contribution is 6.30.